The van der Waals surface area contributed by atoms with Gasteiger partial charge in [-0.05, 0) is 31.6 Å². The molecular formula is C20H34O6. The molecular weight excluding hydrogens is 336 g/mol. The molecule has 0 spiro atoms. The average Bonchev–Trinajstić information content (AvgIpc) is 2.83. The number of carboxylic acid groups (broad SMARTS) is 1. The Morgan fingerprint density at radius 2 is 1.88 bits per heavy atom. The molecule has 0 saturated heterocycles. The molecule has 6 nitrogen and oxygen atoms in total. The van der Waals surface area contributed by atoms with Crippen LogP contribution in [0.4, 0.5) is 0 Å². The number of aliphatic carboxylic acids is 1. The van der Waals surface area contributed by atoms with Crippen LogP contribution >= 0.6 is 0 Å². The fraction of sp³-hybridized carbons (Fsp3) is 0.750. The van der Waals surface area contributed by atoms with Gasteiger partial charge in [0.15, 0.2) is 0 Å². The molecule has 0 aliphatic heterocycles. The van der Waals surface area contributed by atoms with Crippen LogP contribution in [0.3, 0.4) is 0 Å². The lowest BCUT2D eigenvalue weighted by Gasteiger charge is -2.23. The third kappa shape index (κ3) is 8.45. The van der Waals surface area contributed by atoms with Gasteiger partial charge in [0.1, 0.15) is 0 Å². The van der Waals surface area contributed by atoms with Crippen molar-refractivity contribution >= 4 is 5.97 Å². The van der Waals surface area contributed by atoms with Crippen LogP contribution in [0.2, 0.25) is 0 Å². The number of hydrogen-bond acceptors (Lipinski definition) is 5. The first-order valence-electron chi connectivity index (χ1n) is 9.65. The summed E-state index contributed by atoms with van der Waals surface area (Å²) in [5.74, 6) is -1.59. The van der Waals surface area contributed by atoms with E-state index < -0.39 is 30.4 Å². The molecule has 5 N–H and O–H groups in total. The monoisotopic (exact) mass is 370 g/mol. The van der Waals surface area contributed by atoms with E-state index in [0.29, 0.717) is 25.7 Å². The van der Waals surface area contributed by atoms with Crippen LogP contribution in [-0.4, -0.2) is 55.9 Å². The fourth-order valence-electron chi connectivity index (χ4n) is 3.57. The molecule has 4 unspecified atom stereocenters. The maximum atomic E-state index is 10.4. The standard InChI is InChI=1S/C20H34O6/c1-2-3-4-7-14(21)10-11-16-17(19(24)13-18(16)23)12-15(22)8-5-6-9-20(25)26/h6,9-11,14-19,21-24H,2-5,7-8,12-13H2,1H3,(H,25,26)/b9-6+,11-10?/t14?,15?,16-,17-,18?,19?/m1/s1. The van der Waals surface area contributed by atoms with Gasteiger partial charge in [0, 0.05) is 18.4 Å². The molecule has 6 heteroatoms. The summed E-state index contributed by atoms with van der Waals surface area (Å²) in [6, 6.07) is 0. The molecule has 6 atom stereocenters. The van der Waals surface area contributed by atoms with Crippen LogP contribution in [0.5, 0.6) is 0 Å². The van der Waals surface area contributed by atoms with Crippen molar-refractivity contribution in [3.8, 4) is 0 Å². The number of hydrogen-bond donors (Lipinski definition) is 5. The second-order valence-corrected chi connectivity index (χ2v) is 7.27. The molecule has 0 heterocycles. The maximum absolute atomic E-state index is 10.4. The van der Waals surface area contributed by atoms with Gasteiger partial charge in [-0.25, -0.2) is 4.79 Å². The Bertz CT molecular complexity index is 461. The van der Waals surface area contributed by atoms with Crippen LogP contribution in [-0.2, 0) is 4.79 Å². The van der Waals surface area contributed by atoms with E-state index in [1.54, 1.807) is 12.2 Å². The summed E-state index contributed by atoms with van der Waals surface area (Å²) in [4.78, 5) is 10.4. The van der Waals surface area contributed by atoms with E-state index in [1.807, 2.05) is 0 Å². The Morgan fingerprint density at radius 3 is 2.54 bits per heavy atom. The van der Waals surface area contributed by atoms with Crippen molar-refractivity contribution < 1.29 is 30.3 Å². The zero-order chi connectivity index (χ0) is 19.5. The second kappa shape index (κ2) is 12.2. The molecule has 1 saturated carbocycles. The van der Waals surface area contributed by atoms with E-state index in [-0.39, 0.29) is 18.3 Å². The van der Waals surface area contributed by atoms with Gasteiger partial charge in [-0.15, -0.1) is 0 Å². The number of carbonyl (C=O) groups is 1. The number of carboxylic acids is 1. The smallest absolute Gasteiger partial charge is 0.327 e. The lowest BCUT2D eigenvalue weighted by Crippen LogP contribution is -2.25. The van der Waals surface area contributed by atoms with Crippen molar-refractivity contribution in [3.05, 3.63) is 24.3 Å². The van der Waals surface area contributed by atoms with Crippen molar-refractivity contribution in [1.82, 2.24) is 0 Å². The Balaban J connectivity index is 2.53. The highest BCUT2D eigenvalue weighted by molar-refractivity contribution is 5.79. The first kappa shape index (κ1) is 22.8. The largest absolute Gasteiger partial charge is 0.478 e. The maximum Gasteiger partial charge on any atom is 0.327 e. The van der Waals surface area contributed by atoms with Gasteiger partial charge < -0.3 is 25.5 Å². The zero-order valence-corrected chi connectivity index (χ0v) is 15.6. The van der Waals surface area contributed by atoms with E-state index in [2.05, 4.69) is 6.92 Å². The predicted molar refractivity (Wildman–Crippen MR) is 99.5 cm³/mol. The Morgan fingerprint density at radius 1 is 1.15 bits per heavy atom. The minimum atomic E-state index is -1.02. The summed E-state index contributed by atoms with van der Waals surface area (Å²) < 4.78 is 0. The third-order valence-corrected chi connectivity index (χ3v) is 5.05. The first-order valence-corrected chi connectivity index (χ1v) is 9.65. The second-order valence-electron chi connectivity index (χ2n) is 7.27. The highest BCUT2D eigenvalue weighted by Crippen LogP contribution is 2.37. The van der Waals surface area contributed by atoms with Gasteiger partial charge in [-0.2, -0.15) is 0 Å². The molecule has 0 aromatic heterocycles. The topological polar surface area (TPSA) is 118 Å². The molecule has 150 valence electrons. The Kier molecular flexibility index (Phi) is 10.7. The molecule has 0 amide bonds. The summed E-state index contributed by atoms with van der Waals surface area (Å²) in [5.41, 5.74) is 0. The highest BCUT2D eigenvalue weighted by atomic mass is 16.4. The number of allylic oxidation sites excluding steroid dienone is 1. The molecule has 0 bridgehead atoms. The minimum Gasteiger partial charge on any atom is -0.478 e. The summed E-state index contributed by atoms with van der Waals surface area (Å²) in [7, 11) is 0. The molecule has 0 aromatic carbocycles. The van der Waals surface area contributed by atoms with E-state index in [4.69, 9.17) is 5.11 Å². The van der Waals surface area contributed by atoms with E-state index in [9.17, 15) is 25.2 Å². The van der Waals surface area contributed by atoms with Crippen molar-refractivity contribution in [2.45, 2.75) is 82.7 Å². The Hall–Kier alpha value is -1.21. The van der Waals surface area contributed by atoms with Gasteiger partial charge >= 0.3 is 5.97 Å². The van der Waals surface area contributed by atoms with Crippen molar-refractivity contribution in [2.75, 3.05) is 0 Å². The highest BCUT2D eigenvalue weighted by Gasteiger charge is 2.40. The zero-order valence-electron chi connectivity index (χ0n) is 15.6. The Labute approximate surface area is 155 Å². The van der Waals surface area contributed by atoms with Crippen LogP contribution in [0.1, 0.15) is 58.3 Å². The van der Waals surface area contributed by atoms with Crippen LogP contribution in [0, 0.1) is 11.8 Å². The average molecular weight is 370 g/mol. The SMILES string of the molecule is CCCCCC(O)C=C[C@H]1C(O)CC(O)[C@@H]1CC(O)CC/C=C/C(=O)O. The van der Waals surface area contributed by atoms with Crippen molar-refractivity contribution in [1.29, 1.82) is 0 Å². The molecule has 1 rings (SSSR count). The lowest BCUT2D eigenvalue weighted by molar-refractivity contribution is -0.131. The quantitative estimate of drug-likeness (QED) is 0.204. The van der Waals surface area contributed by atoms with Gasteiger partial charge in [-0.3, -0.25) is 0 Å². The van der Waals surface area contributed by atoms with Gasteiger partial charge in [0.25, 0.3) is 0 Å². The lowest BCUT2D eigenvalue weighted by atomic mass is 9.87. The van der Waals surface area contributed by atoms with Crippen molar-refractivity contribution in [2.24, 2.45) is 11.8 Å². The molecule has 1 fully saturated rings. The van der Waals surface area contributed by atoms with Gasteiger partial charge in [-0.1, -0.05) is 44.4 Å². The molecule has 26 heavy (non-hydrogen) atoms. The van der Waals surface area contributed by atoms with Crippen LogP contribution in [0.15, 0.2) is 24.3 Å². The number of aliphatic hydroxyl groups is 4. The van der Waals surface area contributed by atoms with Crippen molar-refractivity contribution in [3.63, 3.8) is 0 Å². The fourth-order valence-corrected chi connectivity index (χ4v) is 3.57. The summed E-state index contributed by atoms with van der Waals surface area (Å²) in [6.07, 6.45) is 8.62. The summed E-state index contributed by atoms with van der Waals surface area (Å²) in [5, 5.41) is 49.1. The molecule has 0 aromatic rings. The summed E-state index contributed by atoms with van der Waals surface area (Å²) in [6.45, 7) is 2.10. The summed E-state index contributed by atoms with van der Waals surface area (Å²) >= 11 is 0. The van der Waals surface area contributed by atoms with Crippen LogP contribution < -0.4 is 0 Å². The van der Waals surface area contributed by atoms with E-state index in [0.717, 1.165) is 25.3 Å². The predicted octanol–water partition coefficient (Wildman–Crippen LogP) is 2.01. The number of unbranched alkanes of at least 4 members (excludes halogenated alkanes) is 2. The molecule has 0 radical (unpaired) electrons. The minimum absolute atomic E-state index is 0.261. The van der Waals surface area contributed by atoms with E-state index >= 15 is 0 Å². The van der Waals surface area contributed by atoms with Gasteiger partial charge in [0.05, 0.1) is 24.4 Å². The number of aliphatic hydroxyl groups excluding tert-OH is 4. The van der Waals surface area contributed by atoms with E-state index in [1.165, 1.54) is 6.08 Å². The van der Waals surface area contributed by atoms with Gasteiger partial charge in [0.2, 0.25) is 0 Å². The molecule has 1 aliphatic rings. The van der Waals surface area contributed by atoms with Crippen LogP contribution in [0.25, 0.3) is 0 Å². The first-order chi connectivity index (χ1) is 12.3. The molecule has 1 aliphatic carbocycles. The number of rotatable bonds is 12. The third-order valence-electron chi connectivity index (χ3n) is 5.05. The normalized spacial score (nSPS) is 28.8.